The van der Waals surface area contributed by atoms with E-state index in [9.17, 15) is 0 Å². The molecule has 3 heterocycles. The molecule has 1 aliphatic heterocycles. The molecule has 2 bridgehead atoms. The summed E-state index contributed by atoms with van der Waals surface area (Å²) >= 11 is 0. The largest absolute Gasteiger partial charge is 0.525 e. The van der Waals surface area contributed by atoms with Crippen LogP contribution in [0.1, 0.15) is 86.2 Å². The van der Waals surface area contributed by atoms with Crippen molar-refractivity contribution in [2.24, 2.45) is 0 Å². The van der Waals surface area contributed by atoms with Crippen molar-refractivity contribution >= 4 is 27.5 Å². The maximum atomic E-state index is 8.51. The number of aromatic nitrogens is 2. The third-order valence-corrected chi connectivity index (χ3v) is 11.0. The second-order valence-electron chi connectivity index (χ2n) is 16.0. The first-order valence-electron chi connectivity index (χ1n) is 18.9. The average molecular weight is 842 g/mol. The Hall–Kier alpha value is -3.92. The Balaban J connectivity index is 0.00000400. The van der Waals surface area contributed by atoms with Crippen LogP contribution >= 0.6 is 0 Å². The summed E-state index contributed by atoms with van der Waals surface area (Å²) < 4.78 is 34.4. The van der Waals surface area contributed by atoms with E-state index >= 15 is 0 Å². The van der Waals surface area contributed by atoms with E-state index in [4.69, 9.17) is 13.8 Å². The van der Waals surface area contributed by atoms with Crippen LogP contribution < -0.4 is 9.64 Å². The van der Waals surface area contributed by atoms with E-state index in [1.807, 2.05) is 18.9 Å². The molecule has 0 spiro atoms. The first kappa shape index (κ1) is 29.8. The zero-order valence-corrected chi connectivity index (χ0v) is 31.5. The molecule has 9 rings (SSSR count). The number of anilines is 1. The maximum Gasteiger partial charge on any atom is 0.135 e. The van der Waals surface area contributed by atoms with Crippen LogP contribution in [0.15, 0.2) is 91.1 Å². The van der Waals surface area contributed by atoms with Gasteiger partial charge in [-0.1, -0.05) is 89.5 Å². The molecule has 50 heavy (non-hydrogen) atoms. The number of para-hydroxylation sites is 1. The molecular weight excluding hydrogens is 796 g/mol. The molecule has 2 aliphatic carbocycles. The van der Waals surface area contributed by atoms with Gasteiger partial charge in [0, 0.05) is 66.4 Å². The Labute approximate surface area is 314 Å². The number of likely N-dealkylation sites (N-methyl/N-ethyl adjacent to an activating group) is 1. The minimum Gasteiger partial charge on any atom is -0.525 e. The summed E-state index contributed by atoms with van der Waals surface area (Å²) in [6.07, 6.45) is 2.83. The van der Waals surface area contributed by atoms with Crippen LogP contribution in [-0.4, -0.2) is 33.5 Å². The Kier molecular flexibility index (Phi) is 7.04. The van der Waals surface area contributed by atoms with Crippen molar-refractivity contribution in [1.82, 2.24) is 14.5 Å². The molecule has 2 unspecified atom stereocenters. The van der Waals surface area contributed by atoms with E-state index in [-0.39, 0.29) is 55.8 Å². The van der Waals surface area contributed by atoms with Crippen molar-refractivity contribution in [1.29, 1.82) is 0 Å². The standard InChI is InChI=1S/C44H43N4O.Pt/c1-43(2,3)27-18-19-45-40(22-27)48-38-15-11-10-14-34(38)35-17-16-30(24-39(35)48)49-31-21-28(44(4,5)6)20-29(23-31)47-26-46(7)41-36-25-37(42(41)47)33-13-9-8-12-32(33)36;/h8-22,26,36-37,41-42H,25H2,1-7H3;/q-3;/t36-,37+,41?,42?;/m0./s1/i7D3;. The van der Waals surface area contributed by atoms with Crippen molar-refractivity contribution in [2.45, 2.75) is 82.7 Å². The number of fused-ring (bicyclic) bond motifs is 11. The van der Waals surface area contributed by atoms with Gasteiger partial charge in [0.2, 0.25) is 0 Å². The molecular formula is C44H43N4OPt-3. The van der Waals surface area contributed by atoms with E-state index in [0.717, 1.165) is 45.3 Å². The van der Waals surface area contributed by atoms with Crippen molar-refractivity contribution in [3.63, 3.8) is 0 Å². The minimum absolute atomic E-state index is 0. The fourth-order valence-corrected chi connectivity index (χ4v) is 8.52. The molecule has 6 aromatic rings. The fraction of sp³-hybridized carbons (Fsp3) is 0.318. The van der Waals surface area contributed by atoms with E-state index in [2.05, 4.69) is 142 Å². The van der Waals surface area contributed by atoms with Gasteiger partial charge in [-0.2, -0.15) is 12.7 Å². The summed E-state index contributed by atoms with van der Waals surface area (Å²) in [5.41, 5.74) is 7.43. The number of rotatable bonds is 4. The van der Waals surface area contributed by atoms with Crippen LogP contribution in [0.25, 0.3) is 27.6 Å². The molecule has 4 aromatic carbocycles. The van der Waals surface area contributed by atoms with Gasteiger partial charge >= 0.3 is 0 Å². The van der Waals surface area contributed by atoms with Crippen molar-refractivity contribution < 1.29 is 29.9 Å². The van der Waals surface area contributed by atoms with E-state index in [1.54, 1.807) is 4.90 Å². The molecule has 5 nitrogen and oxygen atoms in total. The van der Waals surface area contributed by atoms with Crippen LogP contribution in [0, 0.1) is 18.8 Å². The first-order valence-corrected chi connectivity index (χ1v) is 17.4. The van der Waals surface area contributed by atoms with Gasteiger partial charge in [0.1, 0.15) is 5.82 Å². The zero-order valence-electron chi connectivity index (χ0n) is 32.3. The van der Waals surface area contributed by atoms with Crippen LogP contribution in [0.3, 0.4) is 0 Å². The van der Waals surface area contributed by atoms with Gasteiger partial charge in [-0.15, -0.1) is 47.0 Å². The van der Waals surface area contributed by atoms with Gasteiger partial charge in [0.05, 0.1) is 0 Å². The number of hydrogen-bond donors (Lipinski definition) is 0. The molecule has 1 saturated heterocycles. The molecule has 4 atom stereocenters. The SMILES string of the molecule is [2H]C([2H])([2H])N1[CH-]N(c2[c-]c(Oc3[c-]c4c(cc3)c3ccccc3n4-c3cc(C(C)(C)C)ccn3)cc(C(C)(C)C)c2)C2C1[C@H]1C[C@@H]2c2ccccc21.[Pt]. The summed E-state index contributed by atoms with van der Waals surface area (Å²) in [6.45, 7) is 12.8. The molecule has 2 fully saturated rings. The Bertz CT molecular complexity index is 2370. The Morgan fingerprint density at radius 2 is 1.50 bits per heavy atom. The summed E-state index contributed by atoms with van der Waals surface area (Å²) in [5.74, 6) is 2.36. The second-order valence-corrected chi connectivity index (χ2v) is 16.0. The summed E-state index contributed by atoms with van der Waals surface area (Å²) in [5, 5.41) is 2.19. The van der Waals surface area contributed by atoms with Crippen molar-refractivity contribution in [3.05, 3.63) is 132 Å². The van der Waals surface area contributed by atoms with Crippen LogP contribution in [0.4, 0.5) is 5.69 Å². The number of benzene rings is 4. The monoisotopic (exact) mass is 841 g/mol. The van der Waals surface area contributed by atoms with Gasteiger partial charge in [-0.3, -0.25) is 0 Å². The Morgan fingerprint density at radius 1 is 0.780 bits per heavy atom. The third-order valence-electron chi connectivity index (χ3n) is 11.0. The van der Waals surface area contributed by atoms with Gasteiger partial charge in [-0.05, 0) is 70.4 Å². The predicted molar refractivity (Wildman–Crippen MR) is 199 cm³/mol. The first-order chi connectivity index (χ1) is 24.7. The normalized spacial score (nSPS) is 22.6. The van der Waals surface area contributed by atoms with Crippen molar-refractivity contribution in [2.75, 3.05) is 11.9 Å². The smallest absolute Gasteiger partial charge is 0.135 e. The number of nitrogens with zero attached hydrogens (tertiary/aromatic N) is 4. The maximum absolute atomic E-state index is 8.51. The van der Waals surface area contributed by atoms with Gasteiger partial charge in [-0.25, -0.2) is 4.98 Å². The molecule has 0 N–H and O–H groups in total. The van der Waals surface area contributed by atoms with E-state index in [1.165, 1.54) is 16.7 Å². The second kappa shape index (κ2) is 11.8. The number of pyridine rings is 1. The Morgan fingerprint density at radius 3 is 2.24 bits per heavy atom. The molecule has 3 aliphatic rings. The number of ether oxygens (including phenoxy) is 1. The minimum atomic E-state index is -2.26. The van der Waals surface area contributed by atoms with E-state index < -0.39 is 6.98 Å². The van der Waals surface area contributed by atoms with Gasteiger partial charge in [0.25, 0.3) is 0 Å². The summed E-state index contributed by atoms with van der Waals surface area (Å²) in [6, 6.07) is 36.5. The third kappa shape index (κ3) is 5.23. The molecule has 6 heteroatoms. The van der Waals surface area contributed by atoms with Crippen molar-refractivity contribution in [3.8, 4) is 17.3 Å². The fourth-order valence-electron chi connectivity index (χ4n) is 8.52. The molecule has 258 valence electrons. The molecule has 0 amide bonds. The van der Waals surface area contributed by atoms with Crippen LogP contribution in [0.2, 0.25) is 0 Å². The molecule has 2 aromatic heterocycles. The molecule has 1 saturated carbocycles. The van der Waals surface area contributed by atoms with Crippen LogP contribution in [0.5, 0.6) is 11.5 Å². The quantitative estimate of drug-likeness (QED) is 0.166. The zero-order chi connectivity index (χ0) is 36.3. The van der Waals surface area contributed by atoms with Gasteiger partial charge in [0.15, 0.2) is 0 Å². The van der Waals surface area contributed by atoms with Crippen LogP contribution in [-0.2, 0) is 31.9 Å². The summed E-state index contributed by atoms with van der Waals surface area (Å²) in [4.78, 5) is 8.62. The number of hydrogen-bond acceptors (Lipinski definition) is 4. The average Bonchev–Trinajstić information content (AvgIpc) is 3.85. The predicted octanol–water partition coefficient (Wildman–Crippen LogP) is 10.1. The topological polar surface area (TPSA) is 33.5 Å². The molecule has 0 radical (unpaired) electrons. The van der Waals surface area contributed by atoms with Gasteiger partial charge < -0.3 is 19.1 Å². The summed E-state index contributed by atoms with van der Waals surface area (Å²) in [7, 11) is 0. The van der Waals surface area contributed by atoms with E-state index in [0.29, 0.717) is 11.5 Å².